The first-order valence-electron chi connectivity index (χ1n) is 20.7. The number of carbonyl (C=O) groups is 4. The van der Waals surface area contributed by atoms with Crippen LogP contribution in [0.5, 0.6) is 0 Å². The molecule has 0 radical (unpaired) electrons. The number of rotatable bonds is 7. The number of fused-ring (bicyclic) bond motifs is 7. The summed E-state index contributed by atoms with van der Waals surface area (Å²) >= 11 is 0. The van der Waals surface area contributed by atoms with Gasteiger partial charge in [-0.2, -0.15) is 0 Å². The molecule has 0 aromatic heterocycles. The van der Waals surface area contributed by atoms with E-state index in [1.54, 1.807) is 0 Å². The lowest BCUT2D eigenvalue weighted by Gasteiger charge is -2.70. The SMILES string of the molecule is CC1(C)[C@@H](O[C@H]2O[C@H](C(=O)O)[C@@H](O)[C@H](O)[C@H]2O[C@@H]2O[C@H](C(=O)O)[C@@H](O)[C@H](O)[C@H]2O)CC[C@]2(C)[C@H]3C(=O)C=C4[C@@H]5C[C@@](C)(C(=O)O)CC[C@]5(C)CC[C@@]4(C)[C@]3(C)CC[C@@H]12.N.N. The van der Waals surface area contributed by atoms with Crippen LogP contribution in [-0.4, -0.2) is 132 Å². The van der Waals surface area contributed by atoms with Crippen molar-refractivity contribution in [2.45, 2.75) is 174 Å². The molecule has 2 aliphatic heterocycles. The minimum Gasteiger partial charge on any atom is -0.481 e. The molecule has 342 valence electrons. The van der Waals surface area contributed by atoms with Crippen LogP contribution in [0.15, 0.2) is 11.6 Å². The Bertz CT molecular complexity index is 1740. The van der Waals surface area contributed by atoms with Crippen molar-refractivity contribution in [1.82, 2.24) is 12.3 Å². The normalized spacial score (nSPS) is 50.8. The van der Waals surface area contributed by atoms with E-state index in [4.69, 9.17) is 18.9 Å². The number of aliphatic hydroxyl groups is 5. The summed E-state index contributed by atoms with van der Waals surface area (Å²) in [5.74, 6) is -4.47. The number of hydrogen-bond donors (Lipinski definition) is 10. The highest BCUT2D eigenvalue weighted by Crippen LogP contribution is 2.75. The molecule has 18 nitrogen and oxygen atoms in total. The number of hydrogen-bond acceptors (Lipinski definition) is 15. The number of ether oxygens (including phenoxy) is 4. The van der Waals surface area contributed by atoms with Gasteiger partial charge in [-0.3, -0.25) is 9.59 Å². The Labute approximate surface area is 350 Å². The quantitative estimate of drug-likeness (QED) is 0.164. The molecule has 6 fully saturated rings. The minimum absolute atomic E-state index is 0. The zero-order chi connectivity index (χ0) is 42.9. The highest BCUT2D eigenvalue weighted by molar-refractivity contribution is 5.95. The Morgan fingerprint density at radius 3 is 1.83 bits per heavy atom. The van der Waals surface area contributed by atoms with Crippen molar-refractivity contribution in [3.05, 3.63) is 11.6 Å². The molecule has 4 saturated carbocycles. The smallest absolute Gasteiger partial charge is 0.335 e. The van der Waals surface area contributed by atoms with E-state index >= 15 is 0 Å². The Morgan fingerprint density at radius 1 is 0.683 bits per heavy atom. The van der Waals surface area contributed by atoms with Crippen molar-refractivity contribution in [1.29, 1.82) is 0 Å². The summed E-state index contributed by atoms with van der Waals surface area (Å²) in [6.45, 7) is 14.8. The predicted molar refractivity (Wildman–Crippen MR) is 209 cm³/mol. The second kappa shape index (κ2) is 15.9. The molecule has 0 bridgehead atoms. The molecule has 0 spiro atoms. The van der Waals surface area contributed by atoms with Gasteiger partial charge in [-0.1, -0.05) is 47.1 Å². The van der Waals surface area contributed by atoms with Gasteiger partial charge >= 0.3 is 17.9 Å². The van der Waals surface area contributed by atoms with Crippen molar-refractivity contribution in [3.63, 3.8) is 0 Å². The lowest BCUT2D eigenvalue weighted by Crippen LogP contribution is -2.68. The third-order valence-corrected chi connectivity index (χ3v) is 17.2. The number of carboxylic acids is 3. The summed E-state index contributed by atoms with van der Waals surface area (Å²) in [6.07, 6.45) is -12.2. The van der Waals surface area contributed by atoms with Gasteiger partial charge in [0.05, 0.1) is 11.5 Å². The van der Waals surface area contributed by atoms with Crippen LogP contribution < -0.4 is 12.3 Å². The van der Waals surface area contributed by atoms with Crippen LogP contribution in [0, 0.1) is 50.2 Å². The molecule has 14 N–H and O–H groups in total. The standard InChI is InChI=1S/C42H62O16.2H3N/c1-37(2)21-8-11-42(7)31(20(43)16-18-19-17-39(4,36(53)54)13-12-38(19,3)14-15-41(18,42)6)40(21,5)10-9-22(37)55-35-30(26(47)25(46)29(57-35)33(51)52)58-34-27(48)23(44)24(45)28(56-34)32(49)50;;/h16,19,21-31,34-35,44-48H,8-15,17H2,1-7H3,(H,49,50)(H,51,52)(H,53,54);2*1H3/t19-,21-,22-,23-,24-,25-,26-,27+,28-,29-,30+,31+,34-,35-,38+,39-,40-,41+,42+;;/m0../s1. The minimum atomic E-state index is -2.05. The highest BCUT2D eigenvalue weighted by Gasteiger charge is 2.71. The van der Waals surface area contributed by atoms with Gasteiger partial charge < -0.3 is 72.1 Å². The Morgan fingerprint density at radius 2 is 1.25 bits per heavy atom. The monoisotopic (exact) mass is 856 g/mol. The van der Waals surface area contributed by atoms with Gasteiger partial charge in [-0.25, -0.2) is 9.59 Å². The molecule has 2 heterocycles. The molecular weight excluding hydrogens is 788 g/mol. The van der Waals surface area contributed by atoms with Gasteiger partial charge in [-0.15, -0.1) is 0 Å². The zero-order valence-corrected chi connectivity index (χ0v) is 35.8. The summed E-state index contributed by atoms with van der Waals surface area (Å²) in [5.41, 5.74) is -1.81. The van der Waals surface area contributed by atoms with Crippen LogP contribution in [0.3, 0.4) is 0 Å². The van der Waals surface area contributed by atoms with E-state index in [-0.39, 0.29) is 46.7 Å². The average molecular weight is 857 g/mol. The highest BCUT2D eigenvalue weighted by atomic mass is 16.8. The summed E-state index contributed by atoms with van der Waals surface area (Å²) in [4.78, 5) is 51.3. The van der Waals surface area contributed by atoms with Crippen molar-refractivity contribution in [2.24, 2.45) is 50.2 Å². The van der Waals surface area contributed by atoms with E-state index in [0.29, 0.717) is 25.7 Å². The summed E-state index contributed by atoms with van der Waals surface area (Å²) in [5, 5.41) is 83.0. The van der Waals surface area contributed by atoms with Crippen LogP contribution in [0.4, 0.5) is 0 Å². The van der Waals surface area contributed by atoms with E-state index in [2.05, 4.69) is 27.7 Å². The van der Waals surface area contributed by atoms with Gasteiger partial charge in [-0.05, 0) is 110 Å². The largest absolute Gasteiger partial charge is 0.481 e. The maximum atomic E-state index is 14.8. The molecule has 7 aliphatic rings. The first-order valence-corrected chi connectivity index (χ1v) is 20.7. The number of ketones is 1. The van der Waals surface area contributed by atoms with Gasteiger partial charge in [0, 0.05) is 5.92 Å². The van der Waals surface area contributed by atoms with E-state index in [9.17, 15) is 60.0 Å². The molecule has 60 heavy (non-hydrogen) atoms. The number of aliphatic hydroxyl groups excluding tert-OH is 5. The average Bonchev–Trinajstić information content (AvgIpc) is 3.13. The first-order chi connectivity index (χ1) is 26.8. The van der Waals surface area contributed by atoms with Crippen LogP contribution in [0.25, 0.3) is 0 Å². The fourth-order valence-electron chi connectivity index (χ4n) is 13.4. The van der Waals surface area contributed by atoms with Crippen LogP contribution in [0.1, 0.15) is 106 Å². The van der Waals surface area contributed by atoms with Crippen molar-refractivity contribution < 1.29 is 79.0 Å². The Balaban J connectivity index is 0.00000341. The molecule has 0 aromatic rings. The van der Waals surface area contributed by atoms with Crippen molar-refractivity contribution in [2.75, 3.05) is 0 Å². The third-order valence-electron chi connectivity index (χ3n) is 17.2. The number of carbonyl (C=O) groups excluding carboxylic acids is 1. The van der Waals surface area contributed by atoms with Crippen LogP contribution in [0.2, 0.25) is 0 Å². The zero-order valence-electron chi connectivity index (χ0n) is 35.8. The topological polar surface area (TPSA) is 337 Å². The van der Waals surface area contributed by atoms with Gasteiger partial charge in [0.25, 0.3) is 0 Å². The first kappa shape index (κ1) is 48.4. The number of allylic oxidation sites excluding steroid dienone is 2. The van der Waals surface area contributed by atoms with Gasteiger partial charge in [0.1, 0.15) is 36.6 Å². The lowest BCUT2D eigenvalue weighted by atomic mass is 9.33. The summed E-state index contributed by atoms with van der Waals surface area (Å²) in [6, 6.07) is 0. The Kier molecular flexibility index (Phi) is 12.8. The molecule has 2 saturated heterocycles. The molecule has 19 atom stereocenters. The second-order valence-corrected chi connectivity index (χ2v) is 20.6. The molecule has 0 aromatic carbocycles. The van der Waals surface area contributed by atoms with Crippen LogP contribution in [-0.2, 0) is 38.1 Å². The molecule has 0 unspecified atom stereocenters. The summed E-state index contributed by atoms with van der Waals surface area (Å²) < 4.78 is 23.4. The number of aliphatic carboxylic acids is 3. The van der Waals surface area contributed by atoms with Crippen molar-refractivity contribution in [3.8, 4) is 0 Å². The second-order valence-electron chi connectivity index (χ2n) is 20.6. The summed E-state index contributed by atoms with van der Waals surface area (Å²) in [7, 11) is 0. The molecular formula is C42H68N2O16. The predicted octanol–water partition coefficient (Wildman–Crippen LogP) is 2.57. The molecule has 7 rings (SSSR count). The van der Waals surface area contributed by atoms with Crippen LogP contribution >= 0.6 is 0 Å². The maximum absolute atomic E-state index is 14.8. The van der Waals surface area contributed by atoms with E-state index in [1.165, 1.54) is 0 Å². The molecule has 5 aliphatic carbocycles. The van der Waals surface area contributed by atoms with E-state index in [0.717, 1.165) is 37.7 Å². The fourth-order valence-corrected chi connectivity index (χ4v) is 13.4. The van der Waals surface area contributed by atoms with E-state index in [1.807, 2.05) is 26.8 Å². The lowest BCUT2D eigenvalue weighted by molar-refractivity contribution is -0.371. The van der Waals surface area contributed by atoms with E-state index < -0.39 is 107 Å². The number of carboxylic acid groups (broad SMARTS) is 3. The Hall–Kier alpha value is -2.62. The van der Waals surface area contributed by atoms with Gasteiger partial charge in [0.2, 0.25) is 0 Å². The maximum Gasteiger partial charge on any atom is 0.335 e. The van der Waals surface area contributed by atoms with Gasteiger partial charge in [0.15, 0.2) is 30.6 Å². The fraction of sp³-hybridized carbons (Fsp3) is 0.857. The third kappa shape index (κ3) is 6.96. The van der Waals surface area contributed by atoms with Crippen molar-refractivity contribution >= 4 is 23.7 Å². The molecule has 0 amide bonds. The molecule has 18 heteroatoms.